The summed E-state index contributed by atoms with van der Waals surface area (Å²) in [5.41, 5.74) is 0.221. The summed E-state index contributed by atoms with van der Waals surface area (Å²) >= 11 is 0. The highest BCUT2D eigenvalue weighted by Crippen LogP contribution is 2.36. The van der Waals surface area contributed by atoms with E-state index >= 15 is 0 Å². The molecule has 230 valence electrons. The van der Waals surface area contributed by atoms with E-state index in [1.165, 1.54) is 19.3 Å². The second-order valence-corrected chi connectivity index (χ2v) is 14.1. The lowest BCUT2D eigenvalue weighted by molar-refractivity contribution is -0.161. The maximum absolute atomic E-state index is 13.8. The minimum atomic E-state index is -3.56. The zero-order valence-electron chi connectivity index (χ0n) is 24.8. The van der Waals surface area contributed by atoms with Crippen LogP contribution in [0.4, 0.5) is 0 Å². The number of carbonyl (C=O) groups is 2. The Kier molecular flexibility index (Phi) is 11.1. The first-order chi connectivity index (χ1) is 19.8. The van der Waals surface area contributed by atoms with Gasteiger partial charge in [0.25, 0.3) is 0 Å². The molecule has 0 bridgehead atoms. The number of hydrogen-bond donors (Lipinski definition) is 1. The number of nitrogens with one attached hydrogen (secondary N) is 1. The van der Waals surface area contributed by atoms with Crippen LogP contribution in [0.15, 0.2) is 64.4 Å². The van der Waals surface area contributed by atoms with Gasteiger partial charge in [0.1, 0.15) is 11.6 Å². The van der Waals surface area contributed by atoms with Crippen LogP contribution in [-0.2, 0) is 25.8 Å². The molecule has 7 nitrogen and oxygen atoms in total. The number of nitrogens with zero attached hydrogens (tertiary/aromatic N) is 2. The molecule has 9 heteroatoms. The molecular formula is C33H46ClN3O4S. The molecule has 1 N–H and O–H groups in total. The summed E-state index contributed by atoms with van der Waals surface area (Å²) in [5.74, 6) is 0.684. The monoisotopic (exact) mass is 615 g/mol. The topological polar surface area (TPSA) is 86.8 Å². The van der Waals surface area contributed by atoms with Gasteiger partial charge in [0, 0.05) is 26.2 Å². The molecular weight excluding hydrogens is 570 g/mol. The lowest BCUT2D eigenvalue weighted by Crippen LogP contribution is -2.73. The molecule has 0 aromatic heterocycles. The molecule has 42 heavy (non-hydrogen) atoms. The SMILES string of the molecule is CCCCN1C(=O)[C@H](CC2CCCCC2)NC(=O)C12CCN(CCc1cccc(S(=O)(=O)c3ccccc3)c1)CC2.Cl. The molecule has 2 saturated heterocycles. The molecule has 3 aliphatic rings. The summed E-state index contributed by atoms with van der Waals surface area (Å²) in [6.07, 6.45) is 10.7. The molecule has 2 aromatic carbocycles. The number of piperazine rings is 1. The largest absolute Gasteiger partial charge is 0.342 e. The van der Waals surface area contributed by atoms with Crippen molar-refractivity contribution in [1.29, 1.82) is 0 Å². The second-order valence-electron chi connectivity index (χ2n) is 12.2. The highest BCUT2D eigenvalue weighted by Gasteiger charge is 2.53. The molecule has 3 fully saturated rings. The van der Waals surface area contributed by atoms with Crippen molar-refractivity contribution in [3.8, 4) is 0 Å². The summed E-state index contributed by atoms with van der Waals surface area (Å²) in [4.78, 5) is 32.4. The molecule has 2 aliphatic heterocycles. The Morgan fingerprint density at radius 2 is 1.60 bits per heavy atom. The number of sulfone groups is 1. The second kappa shape index (κ2) is 14.4. The quantitative estimate of drug-likeness (QED) is 0.386. The van der Waals surface area contributed by atoms with Crippen LogP contribution >= 0.6 is 12.4 Å². The zero-order valence-corrected chi connectivity index (χ0v) is 26.4. The van der Waals surface area contributed by atoms with Gasteiger partial charge in [0.15, 0.2) is 0 Å². The first-order valence-electron chi connectivity index (χ1n) is 15.6. The summed E-state index contributed by atoms with van der Waals surface area (Å²) in [7, 11) is -3.56. The molecule has 1 aliphatic carbocycles. The molecule has 1 saturated carbocycles. The summed E-state index contributed by atoms with van der Waals surface area (Å²) in [6.45, 7) is 5.02. The van der Waals surface area contributed by atoms with Gasteiger partial charge in [-0.15, -0.1) is 12.4 Å². The Morgan fingerprint density at radius 3 is 2.29 bits per heavy atom. The molecule has 2 aromatic rings. The van der Waals surface area contributed by atoms with E-state index in [-0.39, 0.29) is 30.3 Å². The van der Waals surface area contributed by atoms with Crippen molar-refractivity contribution >= 4 is 34.1 Å². The van der Waals surface area contributed by atoms with Gasteiger partial charge >= 0.3 is 0 Å². The predicted octanol–water partition coefficient (Wildman–Crippen LogP) is 5.42. The Hall–Kier alpha value is -2.42. The third-order valence-electron chi connectivity index (χ3n) is 9.50. The van der Waals surface area contributed by atoms with Crippen LogP contribution in [0.3, 0.4) is 0 Å². The van der Waals surface area contributed by atoms with E-state index in [2.05, 4.69) is 17.1 Å². The van der Waals surface area contributed by atoms with Crippen LogP contribution in [0.1, 0.15) is 76.7 Å². The maximum Gasteiger partial charge on any atom is 0.246 e. The average molecular weight is 616 g/mol. The molecule has 1 atom stereocenters. The number of hydrogen-bond acceptors (Lipinski definition) is 5. The van der Waals surface area contributed by atoms with Crippen molar-refractivity contribution in [2.45, 2.75) is 98.9 Å². The van der Waals surface area contributed by atoms with Crippen molar-refractivity contribution in [1.82, 2.24) is 15.1 Å². The zero-order chi connectivity index (χ0) is 28.9. The van der Waals surface area contributed by atoms with Gasteiger partial charge in [0.05, 0.1) is 9.79 Å². The Bertz CT molecular complexity index is 1310. The van der Waals surface area contributed by atoms with Gasteiger partial charge in [-0.3, -0.25) is 9.59 Å². The fraction of sp³-hybridized carbons (Fsp3) is 0.576. The third kappa shape index (κ3) is 7.03. The van der Waals surface area contributed by atoms with Crippen molar-refractivity contribution in [2.75, 3.05) is 26.2 Å². The minimum absolute atomic E-state index is 0. The van der Waals surface area contributed by atoms with Gasteiger partial charge in [-0.1, -0.05) is 75.8 Å². The van der Waals surface area contributed by atoms with Crippen LogP contribution in [0.5, 0.6) is 0 Å². The number of likely N-dealkylation sites (tertiary alicyclic amines) is 1. The number of rotatable bonds is 10. The number of piperidine rings is 1. The van der Waals surface area contributed by atoms with Gasteiger partial charge < -0.3 is 15.1 Å². The van der Waals surface area contributed by atoms with E-state index in [1.807, 2.05) is 23.1 Å². The minimum Gasteiger partial charge on any atom is -0.342 e. The van der Waals surface area contributed by atoms with E-state index in [0.717, 1.165) is 63.7 Å². The molecule has 1 spiro atoms. The fourth-order valence-electron chi connectivity index (χ4n) is 6.97. The Labute approximate surface area is 257 Å². The number of carbonyl (C=O) groups excluding carboxylic acids is 2. The first-order valence-corrected chi connectivity index (χ1v) is 17.1. The number of benzene rings is 2. The van der Waals surface area contributed by atoms with Crippen LogP contribution < -0.4 is 5.32 Å². The Morgan fingerprint density at radius 1 is 0.905 bits per heavy atom. The smallest absolute Gasteiger partial charge is 0.246 e. The van der Waals surface area contributed by atoms with E-state index in [4.69, 9.17) is 0 Å². The number of halogens is 1. The summed E-state index contributed by atoms with van der Waals surface area (Å²) in [5, 5.41) is 3.18. The molecule has 0 radical (unpaired) electrons. The van der Waals surface area contributed by atoms with E-state index in [9.17, 15) is 18.0 Å². The molecule has 0 unspecified atom stereocenters. The van der Waals surface area contributed by atoms with E-state index < -0.39 is 15.4 Å². The highest BCUT2D eigenvalue weighted by molar-refractivity contribution is 7.91. The number of unbranched alkanes of at least 4 members (excludes halogenated alkanes) is 1. The standard InChI is InChI=1S/C33H45N3O4S.ClH/c1-2-3-20-36-31(37)30(25-26-11-6-4-7-12-26)34-32(38)33(36)18-22-35(23-19-33)21-17-27-13-10-16-29(24-27)41(39,40)28-14-8-5-9-15-28;/h5,8-10,13-16,24,26,30H,2-4,6-7,11-12,17-23,25H2,1H3,(H,34,38);1H/t30-;/m0./s1. The summed E-state index contributed by atoms with van der Waals surface area (Å²) < 4.78 is 26.2. The van der Waals surface area contributed by atoms with Crippen molar-refractivity contribution in [3.05, 3.63) is 60.2 Å². The van der Waals surface area contributed by atoms with E-state index in [0.29, 0.717) is 35.1 Å². The van der Waals surface area contributed by atoms with Gasteiger partial charge in [0.2, 0.25) is 21.7 Å². The van der Waals surface area contributed by atoms with Crippen LogP contribution in [0.25, 0.3) is 0 Å². The first kappa shape index (κ1) is 32.5. The normalized spacial score (nSPS) is 21.6. The van der Waals surface area contributed by atoms with Gasteiger partial charge in [-0.25, -0.2) is 8.42 Å². The lowest BCUT2D eigenvalue weighted by Gasteiger charge is -2.52. The van der Waals surface area contributed by atoms with Crippen molar-refractivity contribution in [3.63, 3.8) is 0 Å². The lowest BCUT2D eigenvalue weighted by atomic mass is 9.79. The molecule has 2 heterocycles. The van der Waals surface area contributed by atoms with Crippen molar-refractivity contribution < 1.29 is 18.0 Å². The van der Waals surface area contributed by atoms with Crippen LogP contribution in [0.2, 0.25) is 0 Å². The predicted molar refractivity (Wildman–Crippen MR) is 167 cm³/mol. The average Bonchev–Trinajstić information content (AvgIpc) is 3.00. The number of amides is 2. The van der Waals surface area contributed by atoms with E-state index in [1.54, 1.807) is 36.4 Å². The Balaban J connectivity index is 0.00000405. The fourth-order valence-corrected chi connectivity index (χ4v) is 8.32. The highest BCUT2D eigenvalue weighted by atomic mass is 35.5. The van der Waals surface area contributed by atoms with Crippen molar-refractivity contribution in [2.24, 2.45) is 5.92 Å². The summed E-state index contributed by atoms with van der Waals surface area (Å²) in [6, 6.07) is 15.4. The third-order valence-corrected chi connectivity index (χ3v) is 11.3. The molecule has 5 rings (SSSR count). The molecule has 2 amide bonds. The van der Waals surface area contributed by atoms with Gasteiger partial charge in [-0.2, -0.15) is 0 Å². The van der Waals surface area contributed by atoms with Crippen LogP contribution in [0, 0.1) is 5.92 Å². The van der Waals surface area contributed by atoms with Crippen LogP contribution in [-0.4, -0.2) is 67.8 Å². The maximum atomic E-state index is 13.8. The van der Waals surface area contributed by atoms with Gasteiger partial charge in [-0.05, 0) is 67.9 Å².